The average molecular weight is 487 g/mol. The summed E-state index contributed by atoms with van der Waals surface area (Å²) in [7, 11) is 0. The number of fused-ring (bicyclic) bond motifs is 1. The Morgan fingerprint density at radius 2 is 2.15 bits per heavy atom. The van der Waals surface area contributed by atoms with Gasteiger partial charge in [0.2, 0.25) is 0 Å². The predicted octanol–water partition coefficient (Wildman–Crippen LogP) is 1.06. The number of hydrogen-bond donors (Lipinski definition) is 4. The van der Waals surface area contributed by atoms with Crippen molar-refractivity contribution in [1.29, 1.82) is 0 Å². The van der Waals surface area contributed by atoms with Gasteiger partial charge in [0.25, 0.3) is 11.8 Å². The van der Waals surface area contributed by atoms with Crippen LogP contribution in [0.4, 0.5) is 5.13 Å². The van der Waals surface area contributed by atoms with Crippen LogP contribution in [0.3, 0.4) is 0 Å². The molecule has 2 aliphatic heterocycles. The van der Waals surface area contributed by atoms with Gasteiger partial charge in [0.1, 0.15) is 22.8 Å². The van der Waals surface area contributed by atoms with Gasteiger partial charge in [-0.25, -0.2) is 9.78 Å². The molecule has 0 bridgehead atoms. The van der Waals surface area contributed by atoms with Crippen molar-refractivity contribution in [2.24, 2.45) is 5.16 Å². The van der Waals surface area contributed by atoms with Crippen molar-refractivity contribution in [2.45, 2.75) is 18.3 Å². The molecule has 0 aromatic carbocycles. The van der Waals surface area contributed by atoms with Crippen molar-refractivity contribution in [3.05, 3.63) is 58.0 Å². The van der Waals surface area contributed by atoms with E-state index in [0.29, 0.717) is 11.3 Å². The standard InChI is InChI=1S/C20H18N6O5S2/c1-9-2-3-10(6-22-9)4-5-11-7-32-18-14(17(28)26(18)15(11)19(29)30)24-16(27)13(25-31)12-8-33-20(21)23-12/h2-6,8,14,18,31H,7H2,1H3,(H2,21,23)(H,24,27)(H,29,30)/b5-4-,25-13?/t14-,18+/m1/s1. The Morgan fingerprint density at radius 3 is 2.76 bits per heavy atom. The number of oxime groups is 1. The molecule has 2 amide bonds. The van der Waals surface area contributed by atoms with Gasteiger partial charge in [0.15, 0.2) is 10.8 Å². The van der Waals surface area contributed by atoms with Gasteiger partial charge >= 0.3 is 5.97 Å². The van der Waals surface area contributed by atoms with E-state index in [9.17, 15) is 24.7 Å². The number of aliphatic carboxylic acids is 1. The number of nitrogens with one attached hydrogen (secondary N) is 1. The molecule has 0 spiro atoms. The van der Waals surface area contributed by atoms with Gasteiger partial charge < -0.3 is 21.4 Å². The number of aromatic nitrogens is 2. The highest BCUT2D eigenvalue weighted by atomic mass is 32.2. The Kier molecular flexibility index (Phi) is 6.16. The smallest absolute Gasteiger partial charge is 0.352 e. The Hall–Kier alpha value is -3.71. The number of carboxylic acid groups (broad SMARTS) is 1. The number of thiazole rings is 1. The summed E-state index contributed by atoms with van der Waals surface area (Å²) in [5.41, 5.74) is 7.23. The molecule has 2 aromatic rings. The normalized spacial score (nSPS) is 20.6. The van der Waals surface area contributed by atoms with Crippen LogP contribution in [0.1, 0.15) is 17.0 Å². The minimum absolute atomic E-state index is 0.0709. The predicted molar refractivity (Wildman–Crippen MR) is 123 cm³/mol. The zero-order valence-electron chi connectivity index (χ0n) is 17.1. The molecule has 13 heteroatoms. The van der Waals surface area contributed by atoms with Gasteiger partial charge in [-0.05, 0) is 24.1 Å². The first kappa shape index (κ1) is 22.5. The Balaban J connectivity index is 1.52. The molecule has 4 heterocycles. The number of carbonyl (C=O) groups is 3. The second kappa shape index (κ2) is 9.03. The number of anilines is 1. The fraction of sp³-hybridized carbons (Fsp3) is 0.200. The number of carbonyl (C=O) groups excluding carboxylic acids is 2. The van der Waals surface area contributed by atoms with Crippen LogP contribution >= 0.6 is 23.1 Å². The Morgan fingerprint density at radius 1 is 1.36 bits per heavy atom. The molecule has 0 unspecified atom stereocenters. The minimum atomic E-state index is -1.24. The van der Waals surface area contributed by atoms with Crippen molar-refractivity contribution in [3.63, 3.8) is 0 Å². The lowest BCUT2D eigenvalue weighted by molar-refractivity contribution is -0.150. The van der Waals surface area contributed by atoms with Crippen LogP contribution in [0.15, 0.2) is 46.2 Å². The second-order valence-electron chi connectivity index (χ2n) is 7.13. The number of pyridine rings is 1. The number of carboxylic acids is 1. The maximum atomic E-state index is 12.8. The highest BCUT2D eigenvalue weighted by molar-refractivity contribution is 8.00. The number of nitrogens with two attached hydrogens (primary N) is 1. The van der Waals surface area contributed by atoms with Crippen molar-refractivity contribution < 1.29 is 24.7 Å². The Labute approximate surface area is 195 Å². The molecule has 2 aliphatic rings. The first-order chi connectivity index (χ1) is 15.8. The van der Waals surface area contributed by atoms with Crippen molar-refractivity contribution in [2.75, 3.05) is 11.5 Å². The molecule has 170 valence electrons. The molecule has 11 nitrogen and oxygen atoms in total. The highest BCUT2D eigenvalue weighted by Crippen LogP contribution is 2.40. The maximum Gasteiger partial charge on any atom is 0.352 e. The van der Waals surface area contributed by atoms with Crippen molar-refractivity contribution >= 4 is 57.8 Å². The third-order valence-electron chi connectivity index (χ3n) is 4.98. The minimum Gasteiger partial charge on any atom is -0.477 e. The third kappa shape index (κ3) is 4.32. The van der Waals surface area contributed by atoms with Gasteiger partial charge in [-0.3, -0.25) is 19.5 Å². The largest absolute Gasteiger partial charge is 0.477 e. The molecule has 1 fully saturated rings. The maximum absolute atomic E-state index is 12.8. The number of β-lactam (4-membered cyclic amide) rings is 1. The van der Waals surface area contributed by atoms with Gasteiger partial charge in [-0.2, -0.15) is 0 Å². The van der Waals surface area contributed by atoms with Crippen LogP contribution in [0, 0.1) is 6.92 Å². The number of thioether (sulfide) groups is 1. The first-order valence-corrected chi connectivity index (χ1v) is 11.5. The van der Waals surface area contributed by atoms with E-state index in [1.54, 1.807) is 18.3 Å². The molecule has 0 aliphatic carbocycles. The third-order valence-corrected chi connectivity index (χ3v) is 6.95. The SMILES string of the molecule is Cc1ccc(/C=C\C2=C(C(=O)O)N3C(=O)[C@@H](NC(=O)C(=NO)c4csc(N)n4)[C@@H]3SC2)cn1. The number of nitrogen functional groups attached to an aromatic ring is 1. The zero-order chi connectivity index (χ0) is 23.7. The van der Waals surface area contributed by atoms with Gasteiger partial charge in [-0.15, -0.1) is 23.1 Å². The molecule has 0 radical (unpaired) electrons. The van der Waals surface area contributed by atoms with Crippen molar-refractivity contribution in [1.82, 2.24) is 20.2 Å². The molecule has 1 saturated heterocycles. The fourth-order valence-electron chi connectivity index (χ4n) is 3.36. The summed E-state index contributed by atoms with van der Waals surface area (Å²) in [6, 6.07) is 2.72. The molecular weight excluding hydrogens is 468 g/mol. The topological polar surface area (TPSA) is 171 Å². The molecular formula is C20H18N6O5S2. The number of nitrogens with zero attached hydrogens (tertiary/aromatic N) is 4. The van der Waals surface area contributed by atoms with Gasteiger partial charge in [0, 0.05) is 23.0 Å². The van der Waals surface area contributed by atoms with E-state index < -0.39 is 29.2 Å². The molecule has 2 aromatic heterocycles. The van der Waals surface area contributed by atoms with E-state index in [-0.39, 0.29) is 22.2 Å². The van der Waals surface area contributed by atoms with E-state index in [2.05, 4.69) is 20.4 Å². The molecule has 4 rings (SSSR count). The van der Waals surface area contributed by atoms with E-state index in [0.717, 1.165) is 27.5 Å². The molecule has 5 N–H and O–H groups in total. The van der Waals surface area contributed by atoms with Gasteiger partial charge in [-0.1, -0.05) is 23.4 Å². The molecule has 33 heavy (non-hydrogen) atoms. The monoisotopic (exact) mass is 486 g/mol. The highest BCUT2D eigenvalue weighted by Gasteiger charge is 2.54. The summed E-state index contributed by atoms with van der Waals surface area (Å²) in [6.07, 6.45) is 5.06. The zero-order valence-corrected chi connectivity index (χ0v) is 18.8. The molecule has 0 saturated carbocycles. The van der Waals surface area contributed by atoms with Crippen LogP contribution in [-0.4, -0.2) is 65.8 Å². The van der Waals surface area contributed by atoms with E-state index in [4.69, 9.17) is 5.73 Å². The summed E-state index contributed by atoms with van der Waals surface area (Å²) in [5.74, 6) is -2.31. The van der Waals surface area contributed by atoms with Crippen LogP contribution in [0.2, 0.25) is 0 Å². The van der Waals surface area contributed by atoms with Gasteiger partial charge in [0.05, 0.1) is 0 Å². The average Bonchev–Trinajstić information content (AvgIpc) is 3.22. The van der Waals surface area contributed by atoms with E-state index in [1.165, 1.54) is 17.1 Å². The summed E-state index contributed by atoms with van der Waals surface area (Å²) < 4.78 is 0. The number of amides is 2. The van der Waals surface area contributed by atoms with Crippen LogP contribution < -0.4 is 11.1 Å². The lowest BCUT2D eigenvalue weighted by Gasteiger charge is -2.49. The summed E-state index contributed by atoms with van der Waals surface area (Å²) in [5, 5.41) is 25.5. The number of hydrogen-bond acceptors (Lipinski definition) is 10. The fourth-order valence-corrected chi connectivity index (χ4v) is 5.23. The lowest BCUT2D eigenvalue weighted by atomic mass is 10.0. The summed E-state index contributed by atoms with van der Waals surface area (Å²) in [6.45, 7) is 1.86. The van der Waals surface area contributed by atoms with Crippen LogP contribution in [0.25, 0.3) is 6.08 Å². The van der Waals surface area contributed by atoms with Crippen LogP contribution in [-0.2, 0) is 14.4 Å². The number of rotatable bonds is 6. The van der Waals surface area contributed by atoms with Crippen LogP contribution in [0.5, 0.6) is 0 Å². The first-order valence-electron chi connectivity index (χ1n) is 9.56. The summed E-state index contributed by atoms with van der Waals surface area (Å²) >= 11 is 2.38. The van der Waals surface area contributed by atoms with Crippen molar-refractivity contribution in [3.8, 4) is 0 Å². The molecule has 2 atom stereocenters. The number of aryl methyl sites for hydroxylation is 1. The summed E-state index contributed by atoms with van der Waals surface area (Å²) in [4.78, 5) is 46.6. The number of allylic oxidation sites excluding steroid dienone is 1. The quantitative estimate of drug-likeness (QED) is 0.202. The van der Waals surface area contributed by atoms with E-state index in [1.807, 2.05) is 19.1 Å². The van der Waals surface area contributed by atoms with E-state index >= 15 is 0 Å². The Bertz CT molecular complexity index is 1220. The lowest BCUT2D eigenvalue weighted by Crippen LogP contribution is -2.71. The second-order valence-corrected chi connectivity index (χ2v) is 9.12.